The van der Waals surface area contributed by atoms with E-state index in [1.807, 2.05) is 13.8 Å². The Morgan fingerprint density at radius 1 is 1.16 bits per heavy atom. The normalized spacial score (nSPS) is 11.1. The molecule has 0 spiro atoms. The summed E-state index contributed by atoms with van der Waals surface area (Å²) in [4.78, 5) is 0. The largest absolute Gasteiger partial charge is 0.508 e. The number of hydrogen-bond donors (Lipinski definition) is 1. The van der Waals surface area contributed by atoms with Gasteiger partial charge in [0.15, 0.2) is 5.76 Å². The molecule has 2 rings (SSSR count). The second-order valence-electron chi connectivity index (χ2n) is 3.90. The molecule has 1 aromatic carbocycles. The van der Waals surface area contributed by atoms with Gasteiger partial charge in [-0.1, -0.05) is 5.16 Å². The summed E-state index contributed by atoms with van der Waals surface area (Å²) in [5.74, 6) is 0.751. The first-order chi connectivity index (χ1) is 9.24. The molecule has 0 saturated heterocycles. The van der Waals surface area contributed by atoms with Crippen molar-refractivity contribution in [3.63, 3.8) is 0 Å². The summed E-state index contributed by atoms with van der Waals surface area (Å²) < 4.78 is 16.1. The number of hydrogen-bond acceptors (Lipinski definition) is 5. The molecule has 1 N–H and O–H groups in total. The summed E-state index contributed by atoms with van der Waals surface area (Å²) in [5, 5.41) is 13.2. The molecule has 0 aliphatic rings. The Bertz CT molecular complexity index is 500. The van der Waals surface area contributed by atoms with Crippen LogP contribution < -0.4 is 0 Å². The Labute approximate surface area is 111 Å². The molecular weight excluding hydrogens is 246 g/mol. The molecule has 5 nitrogen and oxygen atoms in total. The Hall–Kier alpha value is -1.85. The molecule has 0 atom stereocenters. The molecule has 5 heteroatoms. The van der Waals surface area contributed by atoms with Crippen LogP contribution in [0.1, 0.15) is 25.9 Å². The van der Waals surface area contributed by atoms with Crippen molar-refractivity contribution < 1.29 is 19.1 Å². The fourth-order valence-corrected chi connectivity index (χ4v) is 1.68. The number of ether oxygens (including phenoxy) is 2. The third-order valence-electron chi connectivity index (χ3n) is 2.56. The van der Waals surface area contributed by atoms with E-state index in [-0.39, 0.29) is 5.75 Å². The molecule has 1 heterocycles. The second-order valence-corrected chi connectivity index (χ2v) is 3.90. The highest BCUT2D eigenvalue weighted by Gasteiger charge is 2.18. The Kier molecular flexibility index (Phi) is 4.54. The SMILES string of the molecule is CCOC(OCC)c1cc(-c2ccc(O)cc2)no1. The van der Waals surface area contributed by atoms with Gasteiger partial charge in [0.25, 0.3) is 0 Å². The maximum Gasteiger partial charge on any atom is 0.220 e. The van der Waals surface area contributed by atoms with Gasteiger partial charge in [-0.05, 0) is 38.1 Å². The minimum atomic E-state index is -0.534. The number of phenolic OH excluding ortho intramolecular Hbond substituents is 1. The van der Waals surface area contributed by atoms with Gasteiger partial charge >= 0.3 is 0 Å². The third kappa shape index (κ3) is 3.33. The first kappa shape index (κ1) is 13.6. The number of rotatable bonds is 6. The van der Waals surface area contributed by atoms with Crippen LogP contribution in [-0.2, 0) is 9.47 Å². The monoisotopic (exact) mass is 263 g/mol. The Morgan fingerprint density at radius 3 is 2.37 bits per heavy atom. The summed E-state index contributed by atoms with van der Waals surface area (Å²) in [6, 6.07) is 8.53. The van der Waals surface area contributed by atoms with Crippen molar-refractivity contribution in [1.29, 1.82) is 0 Å². The number of aromatic hydroxyl groups is 1. The lowest BCUT2D eigenvalue weighted by Gasteiger charge is -2.12. The van der Waals surface area contributed by atoms with E-state index in [4.69, 9.17) is 14.0 Å². The highest BCUT2D eigenvalue weighted by Crippen LogP contribution is 2.26. The van der Waals surface area contributed by atoms with Crippen LogP contribution in [0.15, 0.2) is 34.9 Å². The lowest BCUT2D eigenvalue weighted by Crippen LogP contribution is -2.07. The molecular formula is C14H17NO4. The van der Waals surface area contributed by atoms with Crippen LogP contribution >= 0.6 is 0 Å². The zero-order chi connectivity index (χ0) is 13.7. The van der Waals surface area contributed by atoms with Crippen molar-refractivity contribution in [1.82, 2.24) is 5.16 Å². The van der Waals surface area contributed by atoms with Crippen molar-refractivity contribution in [2.24, 2.45) is 0 Å². The predicted molar refractivity (Wildman–Crippen MR) is 69.6 cm³/mol. The fraction of sp³-hybridized carbons (Fsp3) is 0.357. The predicted octanol–water partition coefficient (Wildman–Crippen LogP) is 3.12. The summed E-state index contributed by atoms with van der Waals surface area (Å²) in [7, 11) is 0. The minimum absolute atomic E-state index is 0.217. The van der Waals surface area contributed by atoms with Crippen LogP contribution in [0.2, 0.25) is 0 Å². The minimum Gasteiger partial charge on any atom is -0.508 e. The van der Waals surface area contributed by atoms with Gasteiger partial charge in [0.1, 0.15) is 11.4 Å². The number of aromatic nitrogens is 1. The molecule has 0 bridgehead atoms. The van der Waals surface area contributed by atoms with E-state index >= 15 is 0 Å². The topological polar surface area (TPSA) is 64.7 Å². The summed E-state index contributed by atoms with van der Waals surface area (Å²) in [6.07, 6.45) is -0.534. The van der Waals surface area contributed by atoms with Crippen LogP contribution in [0.3, 0.4) is 0 Å². The second kappa shape index (κ2) is 6.36. The lowest BCUT2D eigenvalue weighted by molar-refractivity contribution is -0.152. The average Bonchev–Trinajstić information content (AvgIpc) is 2.89. The highest BCUT2D eigenvalue weighted by molar-refractivity contribution is 5.59. The molecule has 1 aromatic heterocycles. The Morgan fingerprint density at radius 2 is 1.79 bits per heavy atom. The van der Waals surface area contributed by atoms with Crippen LogP contribution in [-0.4, -0.2) is 23.5 Å². The average molecular weight is 263 g/mol. The molecule has 0 saturated carbocycles. The zero-order valence-electron chi connectivity index (χ0n) is 11.0. The van der Waals surface area contributed by atoms with E-state index < -0.39 is 6.29 Å². The van der Waals surface area contributed by atoms with Crippen LogP contribution in [0.5, 0.6) is 5.75 Å². The van der Waals surface area contributed by atoms with E-state index in [0.29, 0.717) is 24.7 Å². The van der Waals surface area contributed by atoms with Crippen molar-refractivity contribution >= 4 is 0 Å². The van der Waals surface area contributed by atoms with E-state index in [2.05, 4.69) is 5.16 Å². The van der Waals surface area contributed by atoms with E-state index in [1.165, 1.54) is 0 Å². The maximum absolute atomic E-state index is 9.25. The maximum atomic E-state index is 9.25. The smallest absolute Gasteiger partial charge is 0.220 e. The van der Waals surface area contributed by atoms with Gasteiger partial charge < -0.3 is 19.1 Å². The van der Waals surface area contributed by atoms with E-state index in [1.54, 1.807) is 30.3 Å². The van der Waals surface area contributed by atoms with E-state index in [9.17, 15) is 5.11 Å². The quantitative estimate of drug-likeness (QED) is 0.811. The standard InChI is InChI=1S/C14H17NO4/c1-3-17-14(18-4-2)13-9-12(15-19-13)10-5-7-11(16)8-6-10/h5-9,14,16H,3-4H2,1-2H3. The molecule has 0 aliphatic carbocycles. The number of phenols is 1. The summed E-state index contributed by atoms with van der Waals surface area (Å²) in [5.41, 5.74) is 1.54. The number of nitrogens with zero attached hydrogens (tertiary/aromatic N) is 1. The van der Waals surface area contributed by atoms with Gasteiger partial charge in [0, 0.05) is 24.8 Å². The third-order valence-corrected chi connectivity index (χ3v) is 2.56. The van der Waals surface area contributed by atoms with E-state index in [0.717, 1.165) is 5.56 Å². The molecule has 0 fully saturated rings. The molecule has 19 heavy (non-hydrogen) atoms. The van der Waals surface area contributed by atoms with Crippen molar-refractivity contribution in [2.75, 3.05) is 13.2 Å². The van der Waals surface area contributed by atoms with Gasteiger partial charge in [0.2, 0.25) is 6.29 Å². The van der Waals surface area contributed by atoms with Gasteiger partial charge in [-0.25, -0.2) is 0 Å². The molecule has 0 unspecified atom stereocenters. The molecule has 0 amide bonds. The summed E-state index contributed by atoms with van der Waals surface area (Å²) >= 11 is 0. The van der Waals surface area contributed by atoms with Gasteiger partial charge in [-0.3, -0.25) is 0 Å². The molecule has 2 aromatic rings. The van der Waals surface area contributed by atoms with Crippen molar-refractivity contribution in [3.05, 3.63) is 36.1 Å². The van der Waals surface area contributed by atoms with Crippen molar-refractivity contribution in [2.45, 2.75) is 20.1 Å². The van der Waals surface area contributed by atoms with Crippen LogP contribution in [0, 0.1) is 0 Å². The number of benzene rings is 1. The van der Waals surface area contributed by atoms with Crippen molar-refractivity contribution in [3.8, 4) is 17.0 Å². The molecule has 0 radical (unpaired) electrons. The fourth-order valence-electron chi connectivity index (χ4n) is 1.68. The first-order valence-electron chi connectivity index (χ1n) is 6.23. The Balaban J connectivity index is 2.19. The zero-order valence-corrected chi connectivity index (χ0v) is 11.0. The molecule has 102 valence electrons. The lowest BCUT2D eigenvalue weighted by atomic mass is 10.1. The van der Waals surface area contributed by atoms with Gasteiger partial charge in [0.05, 0.1) is 0 Å². The highest BCUT2D eigenvalue weighted by atomic mass is 16.7. The summed E-state index contributed by atoms with van der Waals surface area (Å²) in [6.45, 7) is 4.84. The van der Waals surface area contributed by atoms with Crippen LogP contribution in [0.25, 0.3) is 11.3 Å². The first-order valence-corrected chi connectivity index (χ1v) is 6.23. The molecule has 0 aliphatic heterocycles. The van der Waals surface area contributed by atoms with Crippen LogP contribution in [0.4, 0.5) is 0 Å². The van der Waals surface area contributed by atoms with Gasteiger partial charge in [-0.2, -0.15) is 0 Å². The van der Waals surface area contributed by atoms with Gasteiger partial charge in [-0.15, -0.1) is 0 Å².